The van der Waals surface area contributed by atoms with Gasteiger partial charge in [-0.05, 0) is 42.0 Å². The Hall–Kier alpha value is -3.45. The Balaban J connectivity index is 1.35. The minimum atomic E-state index is -0.335. The number of nitrogens with zero attached hydrogens (tertiary/aromatic N) is 2. The molecule has 2 aromatic carbocycles. The molecule has 7 nitrogen and oxygen atoms in total. The van der Waals surface area contributed by atoms with Gasteiger partial charge in [0.05, 0.1) is 12.0 Å². The fraction of sp³-hybridized carbons (Fsp3) is 0.182. The lowest BCUT2D eigenvalue weighted by atomic mass is 10.0. The number of carbonyl (C=O) groups excluding carboxylic acids is 1. The van der Waals surface area contributed by atoms with Gasteiger partial charge in [-0.1, -0.05) is 23.7 Å². The zero-order valence-electron chi connectivity index (χ0n) is 15.8. The number of halogens is 1. The van der Waals surface area contributed by atoms with Gasteiger partial charge in [0.2, 0.25) is 6.79 Å². The molecule has 1 atom stereocenters. The highest BCUT2D eigenvalue weighted by atomic mass is 35.5. The summed E-state index contributed by atoms with van der Waals surface area (Å²) in [6.45, 7) is 0.00671. The third-order valence-electron chi connectivity index (χ3n) is 4.92. The van der Waals surface area contributed by atoms with Crippen LogP contribution < -0.4 is 14.2 Å². The maximum atomic E-state index is 13.0. The highest BCUT2D eigenvalue weighted by Crippen LogP contribution is 2.36. The van der Waals surface area contributed by atoms with Gasteiger partial charge in [-0.2, -0.15) is 5.10 Å². The summed E-state index contributed by atoms with van der Waals surface area (Å²) in [5.74, 6) is 2.15. The molecule has 152 valence electrons. The highest BCUT2D eigenvalue weighted by molar-refractivity contribution is 6.30. The van der Waals surface area contributed by atoms with Crippen molar-refractivity contribution in [1.82, 2.24) is 5.01 Å². The predicted octanol–water partition coefficient (Wildman–Crippen LogP) is 4.42. The van der Waals surface area contributed by atoms with Crippen molar-refractivity contribution in [2.45, 2.75) is 12.5 Å². The average molecular weight is 425 g/mol. The molecule has 0 fully saturated rings. The Morgan fingerprint density at radius 3 is 2.77 bits per heavy atom. The Morgan fingerprint density at radius 1 is 1.13 bits per heavy atom. The number of benzene rings is 2. The van der Waals surface area contributed by atoms with Gasteiger partial charge in [0, 0.05) is 17.5 Å². The Kier molecular flexibility index (Phi) is 4.80. The van der Waals surface area contributed by atoms with Crippen LogP contribution in [0.2, 0.25) is 5.02 Å². The van der Waals surface area contributed by atoms with Crippen molar-refractivity contribution in [3.63, 3.8) is 0 Å². The highest BCUT2D eigenvalue weighted by Gasteiger charge is 2.35. The Labute approximate surface area is 177 Å². The molecule has 2 aliphatic heterocycles. The lowest BCUT2D eigenvalue weighted by Crippen LogP contribution is -2.31. The molecule has 1 aromatic heterocycles. The lowest BCUT2D eigenvalue weighted by Gasteiger charge is -2.20. The van der Waals surface area contributed by atoms with E-state index in [2.05, 4.69) is 5.10 Å². The minimum Gasteiger partial charge on any atom is -0.484 e. The number of amides is 1. The van der Waals surface area contributed by atoms with E-state index in [1.807, 2.05) is 18.2 Å². The van der Waals surface area contributed by atoms with Gasteiger partial charge in [-0.3, -0.25) is 4.79 Å². The van der Waals surface area contributed by atoms with E-state index < -0.39 is 0 Å². The normalized spacial score (nSPS) is 17.2. The molecular weight excluding hydrogens is 408 g/mol. The van der Waals surface area contributed by atoms with Crippen LogP contribution in [0.15, 0.2) is 70.4 Å². The van der Waals surface area contributed by atoms with Gasteiger partial charge in [0.25, 0.3) is 5.91 Å². The van der Waals surface area contributed by atoms with Gasteiger partial charge >= 0.3 is 0 Å². The summed E-state index contributed by atoms with van der Waals surface area (Å²) in [5, 5.41) is 6.64. The van der Waals surface area contributed by atoms with Crippen LogP contribution in [0.4, 0.5) is 0 Å². The molecule has 0 saturated carbocycles. The first kappa shape index (κ1) is 18.6. The zero-order chi connectivity index (χ0) is 20.5. The number of hydrogen-bond donors (Lipinski definition) is 0. The molecule has 1 amide bonds. The average Bonchev–Trinajstić information content (AvgIpc) is 3.52. The number of carbonyl (C=O) groups is 1. The van der Waals surface area contributed by atoms with Gasteiger partial charge < -0.3 is 18.6 Å². The second-order valence-corrected chi connectivity index (χ2v) is 7.27. The first-order chi connectivity index (χ1) is 14.7. The molecular formula is C22H17ClN2O5. The van der Waals surface area contributed by atoms with Crippen molar-refractivity contribution in [2.75, 3.05) is 13.4 Å². The second kappa shape index (κ2) is 7.76. The maximum absolute atomic E-state index is 13.0. The van der Waals surface area contributed by atoms with E-state index in [1.165, 1.54) is 5.01 Å². The molecule has 0 saturated heterocycles. The first-order valence-corrected chi connectivity index (χ1v) is 9.76. The summed E-state index contributed by atoms with van der Waals surface area (Å²) in [6, 6.07) is 15.9. The largest absolute Gasteiger partial charge is 0.484 e. The van der Waals surface area contributed by atoms with Crippen LogP contribution in [0.1, 0.15) is 23.8 Å². The monoisotopic (exact) mass is 424 g/mol. The topological polar surface area (TPSA) is 73.5 Å². The molecule has 5 rings (SSSR count). The molecule has 8 heteroatoms. The van der Waals surface area contributed by atoms with E-state index in [-0.39, 0.29) is 25.3 Å². The minimum absolute atomic E-state index is 0.172. The van der Waals surface area contributed by atoms with Gasteiger partial charge in [0.1, 0.15) is 17.6 Å². The summed E-state index contributed by atoms with van der Waals surface area (Å²) >= 11 is 5.99. The number of furan rings is 1. The fourth-order valence-electron chi connectivity index (χ4n) is 3.44. The van der Waals surface area contributed by atoms with Crippen LogP contribution >= 0.6 is 11.6 Å². The fourth-order valence-corrected chi connectivity index (χ4v) is 3.56. The molecule has 3 heterocycles. The molecule has 0 bridgehead atoms. The summed E-state index contributed by atoms with van der Waals surface area (Å²) < 4.78 is 21.9. The molecule has 3 aromatic rings. The standard InChI is InChI=1S/C22H17ClN2O5/c23-15-5-3-14(4-6-15)17-11-18(19-2-1-9-27-19)25(24-17)22(26)12-28-16-7-8-20-21(10-16)30-13-29-20/h1-10,18H,11-13H2/t18-/m0/s1. The number of hydrogen-bond acceptors (Lipinski definition) is 6. The second-order valence-electron chi connectivity index (χ2n) is 6.83. The van der Waals surface area contributed by atoms with Crippen LogP contribution in [0, 0.1) is 0 Å². The number of fused-ring (bicyclic) bond motifs is 1. The SMILES string of the molecule is O=C(COc1ccc2c(c1)OCO2)N1N=C(c2ccc(Cl)cc2)C[C@H]1c1ccco1. The van der Waals surface area contributed by atoms with Crippen LogP contribution in [-0.2, 0) is 4.79 Å². The van der Waals surface area contributed by atoms with Crippen molar-refractivity contribution in [1.29, 1.82) is 0 Å². The van der Waals surface area contributed by atoms with E-state index in [1.54, 1.807) is 42.7 Å². The van der Waals surface area contributed by atoms with Crippen molar-refractivity contribution in [3.8, 4) is 17.2 Å². The van der Waals surface area contributed by atoms with E-state index >= 15 is 0 Å². The van der Waals surface area contributed by atoms with Crippen LogP contribution in [-0.4, -0.2) is 30.0 Å². The van der Waals surface area contributed by atoms with Crippen LogP contribution in [0.3, 0.4) is 0 Å². The van der Waals surface area contributed by atoms with Gasteiger partial charge in [-0.25, -0.2) is 5.01 Å². The summed E-state index contributed by atoms with van der Waals surface area (Å²) in [6.07, 6.45) is 2.12. The molecule has 0 aliphatic carbocycles. The van der Waals surface area contributed by atoms with Gasteiger partial charge in [0.15, 0.2) is 18.1 Å². The maximum Gasteiger partial charge on any atom is 0.281 e. The third-order valence-corrected chi connectivity index (χ3v) is 5.17. The Morgan fingerprint density at radius 2 is 1.97 bits per heavy atom. The summed E-state index contributed by atoms with van der Waals surface area (Å²) in [4.78, 5) is 13.0. The predicted molar refractivity (Wildman–Crippen MR) is 109 cm³/mol. The van der Waals surface area contributed by atoms with Crippen molar-refractivity contribution >= 4 is 23.2 Å². The third kappa shape index (κ3) is 3.59. The summed E-state index contributed by atoms with van der Waals surface area (Å²) in [5.41, 5.74) is 1.69. The van der Waals surface area contributed by atoms with Crippen molar-refractivity contribution in [3.05, 3.63) is 77.2 Å². The molecule has 30 heavy (non-hydrogen) atoms. The molecule has 0 N–H and O–H groups in total. The molecule has 0 spiro atoms. The van der Waals surface area contributed by atoms with Crippen molar-refractivity contribution in [2.24, 2.45) is 5.10 Å². The van der Waals surface area contributed by atoms with Crippen molar-refractivity contribution < 1.29 is 23.4 Å². The number of rotatable bonds is 5. The molecule has 0 unspecified atom stereocenters. The number of hydrazone groups is 1. The van der Waals surface area contributed by atoms with Crippen LogP contribution in [0.5, 0.6) is 17.2 Å². The Bertz CT molecular complexity index is 1100. The first-order valence-electron chi connectivity index (χ1n) is 9.39. The smallest absolute Gasteiger partial charge is 0.281 e. The quantitative estimate of drug-likeness (QED) is 0.606. The van der Waals surface area contributed by atoms with Crippen LogP contribution in [0.25, 0.3) is 0 Å². The lowest BCUT2D eigenvalue weighted by molar-refractivity contribution is -0.135. The van der Waals surface area contributed by atoms with E-state index in [0.717, 1.165) is 11.3 Å². The van der Waals surface area contributed by atoms with Gasteiger partial charge in [-0.15, -0.1) is 0 Å². The van der Waals surface area contributed by atoms with E-state index in [4.69, 9.17) is 30.2 Å². The number of ether oxygens (including phenoxy) is 3. The molecule has 2 aliphatic rings. The van der Waals surface area contributed by atoms with E-state index in [0.29, 0.717) is 34.5 Å². The summed E-state index contributed by atoms with van der Waals surface area (Å²) in [7, 11) is 0. The zero-order valence-corrected chi connectivity index (χ0v) is 16.5. The molecule has 0 radical (unpaired) electrons. The van der Waals surface area contributed by atoms with E-state index in [9.17, 15) is 4.79 Å².